The highest BCUT2D eigenvalue weighted by atomic mass is 19.1. The summed E-state index contributed by atoms with van der Waals surface area (Å²) >= 11 is 0. The lowest BCUT2D eigenvalue weighted by Crippen LogP contribution is -2.31. The van der Waals surface area contributed by atoms with Crippen LogP contribution in [-0.2, 0) is 4.79 Å². The Kier molecular flexibility index (Phi) is 5.01. The molecule has 1 atom stereocenters. The van der Waals surface area contributed by atoms with E-state index in [0.717, 1.165) is 53.9 Å². The van der Waals surface area contributed by atoms with Gasteiger partial charge < -0.3 is 10.3 Å². The average Bonchev–Trinajstić information content (AvgIpc) is 3.75. The predicted octanol–water partition coefficient (Wildman–Crippen LogP) is 5.87. The lowest BCUT2D eigenvalue weighted by molar-refractivity contribution is -0.119. The summed E-state index contributed by atoms with van der Waals surface area (Å²) in [5.41, 5.74) is 5.78. The maximum Gasteiger partial charge on any atom is 0.235 e. The quantitative estimate of drug-likeness (QED) is 0.324. The van der Waals surface area contributed by atoms with Crippen molar-refractivity contribution in [3.63, 3.8) is 0 Å². The molecule has 2 aromatic carbocycles. The molecular formula is C27H28FN5O. The number of para-hydroxylation sites is 1. The molecule has 6 nitrogen and oxygen atoms in total. The molecule has 0 radical (unpaired) electrons. The van der Waals surface area contributed by atoms with Crippen LogP contribution < -0.4 is 5.32 Å². The zero-order chi connectivity index (χ0) is 23.4. The molecule has 6 rings (SSSR count). The summed E-state index contributed by atoms with van der Waals surface area (Å²) in [6, 6.07) is 12.7. The molecule has 2 saturated carbocycles. The number of hydrogen-bond acceptors (Lipinski definition) is 3. The Hall–Kier alpha value is -3.48. The van der Waals surface area contributed by atoms with E-state index < -0.39 is 5.92 Å². The van der Waals surface area contributed by atoms with Gasteiger partial charge >= 0.3 is 0 Å². The van der Waals surface area contributed by atoms with Crippen molar-refractivity contribution >= 4 is 22.6 Å². The number of aromatic amines is 2. The van der Waals surface area contributed by atoms with Crippen molar-refractivity contribution < 1.29 is 9.18 Å². The van der Waals surface area contributed by atoms with E-state index in [2.05, 4.69) is 25.5 Å². The van der Waals surface area contributed by atoms with Crippen LogP contribution in [0, 0.1) is 37.4 Å². The number of anilines is 1. The molecule has 1 amide bonds. The van der Waals surface area contributed by atoms with E-state index in [1.54, 1.807) is 12.1 Å². The third kappa shape index (κ3) is 3.79. The predicted molar refractivity (Wildman–Crippen MR) is 130 cm³/mol. The van der Waals surface area contributed by atoms with E-state index >= 15 is 0 Å². The molecule has 2 fully saturated rings. The van der Waals surface area contributed by atoms with Crippen molar-refractivity contribution in [1.29, 1.82) is 0 Å². The summed E-state index contributed by atoms with van der Waals surface area (Å²) in [5.74, 6) is 1.04. The molecule has 2 aliphatic carbocycles. The first kappa shape index (κ1) is 21.1. The topological polar surface area (TPSA) is 86.5 Å². The summed E-state index contributed by atoms with van der Waals surface area (Å²) in [7, 11) is 0. The Morgan fingerprint density at radius 3 is 2.35 bits per heavy atom. The summed E-state index contributed by atoms with van der Waals surface area (Å²) in [5, 5.41) is 10.4. The van der Waals surface area contributed by atoms with Crippen LogP contribution in [0.15, 0.2) is 42.5 Å². The fourth-order valence-electron chi connectivity index (χ4n) is 5.45. The summed E-state index contributed by atoms with van der Waals surface area (Å²) in [6.07, 6.45) is 4.60. The second-order valence-corrected chi connectivity index (χ2v) is 9.86. The molecule has 7 heteroatoms. The number of rotatable bonds is 7. The molecule has 2 heterocycles. The van der Waals surface area contributed by atoms with Crippen LogP contribution in [0.2, 0.25) is 0 Å². The number of amides is 1. The monoisotopic (exact) mass is 457 g/mol. The summed E-state index contributed by atoms with van der Waals surface area (Å²) in [4.78, 5) is 21.6. The van der Waals surface area contributed by atoms with E-state index in [0.29, 0.717) is 28.7 Å². The van der Waals surface area contributed by atoms with E-state index in [9.17, 15) is 9.18 Å². The van der Waals surface area contributed by atoms with Gasteiger partial charge in [-0.1, -0.05) is 18.2 Å². The third-order valence-corrected chi connectivity index (χ3v) is 7.35. The minimum absolute atomic E-state index is 0.0771. The SMILES string of the molecule is Cc1n[nH]c(C)c1-c1ccc(NC(=O)C(c2nc3cccc(F)c3[nH]2)C(C2CC2)C2CC2)cc1. The molecule has 174 valence electrons. The highest BCUT2D eigenvalue weighted by molar-refractivity contribution is 5.96. The van der Waals surface area contributed by atoms with Crippen molar-refractivity contribution in [1.82, 2.24) is 20.2 Å². The van der Waals surface area contributed by atoms with Gasteiger partial charge in [-0.15, -0.1) is 0 Å². The second-order valence-electron chi connectivity index (χ2n) is 9.86. The van der Waals surface area contributed by atoms with Gasteiger partial charge in [0, 0.05) is 16.9 Å². The van der Waals surface area contributed by atoms with Gasteiger partial charge in [-0.2, -0.15) is 5.10 Å². The molecule has 1 unspecified atom stereocenters. The van der Waals surface area contributed by atoms with Gasteiger partial charge in [-0.25, -0.2) is 9.37 Å². The van der Waals surface area contributed by atoms with E-state index in [1.165, 1.54) is 6.07 Å². The van der Waals surface area contributed by atoms with Gasteiger partial charge in [0.25, 0.3) is 0 Å². The zero-order valence-corrected chi connectivity index (χ0v) is 19.4. The van der Waals surface area contributed by atoms with Gasteiger partial charge in [-0.05, 0) is 87.1 Å². The van der Waals surface area contributed by atoms with Gasteiger partial charge in [0.1, 0.15) is 17.2 Å². The van der Waals surface area contributed by atoms with Crippen molar-refractivity contribution in [3.8, 4) is 11.1 Å². The number of hydrogen-bond donors (Lipinski definition) is 3. The van der Waals surface area contributed by atoms with Gasteiger partial charge in [0.15, 0.2) is 0 Å². The number of halogens is 1. The summed E-state index contributed by atoms with van der Waals surface area (Å²) < 4.78 is 14.4. The van der Waals surface area contributed by atoms with Gasteiger partial charge in [-0.3, -0.25) is 9.89 Å². The van der Waals surface area contributed by atoms with Crippen LogP contribution >= 0.6 is 0 Å². The molecule has 0 saturated heterocycles. The van der Waals surface area contributed by atoms with Crippen molar-refractivity contribution in [2.45, 2.75) is 45.4 Å². The van der Waals surface area contributed by atoms with Crippen LogP contribution in [0.3, 0.4) is 0 Å². The number of carbonyl (C=O) groups excluding carboxylic acids is 1. The number of aryl methyl sites for hydroxylation is 2. The number of fused-ring (bicyclic) bond motifs is 1. The molecule has 0 bridgehead atoms. The largest absolute Gasteiger partial charge is 0.339 e. The number of nitrogens with one attached hydrogen (secondary N) is 3. The lowest BCUT2D eigenvalue weighted by Gasteiger charge is -2.25. The number of aromatic nitrogens is 4. The number of benzene rings is 2. The number of imidazole rings is 1. The van der Waals surface area contributed by atoms with Crippen LogP contribution in [0.25, 0.3) is 22.2 Å². The Bertz CT molecular complexity index is 1330. The van der Waals surface area contributed by atoms with Crippen LogP contribution in [-0.4, -0.2) is 26.1 Å². The molecular weight excluding hydrogens is 429 g/mol. The van der Waals surface area contributed by atoms with Gasteiger partial charge in [0.05, 0.1) is 17.1 Å². The van der Waals surface area contributed by atoms with E-state index in [4.69, 9.17) is 0 Å². The Labute approximate surface area is 197 Å². The van der Waals surface area contributed by atoms with E-state index in [1.807, 2.05) is 38.1 Å². The number of carbonyl (C=O) groups is 1. The molecule has 3 N–H and O–H groups in total. The van der Waals surface area contributed by atoms with Crippen LogP contribution in [0.5, 0.6) is 0 Å². The minimum atomic E-state index is -0.426. The highest BCUT2D eigenvalue weighted by Gasteiger charge is 2.49. The maximum absolute atomic E-state index is 14.4. The number of H-pyrrole nitrogens is 2. The smallest absolute Gasteiger partial charge is 0.235 e. The van der Waals surface area contributed by atoms with Crippen LogP contribution in [0.1, 0.15) is 48.8 Å². The Morgan fingerprint density at radius 2 is 1.76 bits per heavy atom. The maximum atomic E-state index is 14.4. The first-order valence-corrected chi connectivity index (χ1v) is 12.1. The number of nitrogens with zero attached hydrogens (tertiary/aromatic N) is 2. The normalized spacial score (nSPS) is 16.8. The molecule has 0 spiro atoms. The molecule has 2 aromatic heterocycles. The van der Waals surface area contributed by atoms with Crippen LogP contribution in [0.4, 0.5) is 10.1 Å². The van der Waals surface area contributed by atoms with Gasteiger partial charge in [0.2, 0.25) is 5.91 Å². The average molecular weight is 458 g/mol. The molecule has 0 aliphatic heterocycles. The zero-order valence-electron chi connectivity index (χ0n) is 19.4. The fourth-order valence-corrected chi connectivity index (χ4v) is 5.45. The second kappa shape index (κ2) is 8.08. The van der Waals surface area contributed by atoms with Crippen molar-refractivity contribution in [2.24, 2.45) is 17.8 Å². The van der Waals surface area contributed by atoms with Crippen molar-refractivity contribution in [2.75, 3.05) is 5.32 Å². The fraction of sp³-hybridized carbons (Fsp3) is 0.370. The molecule has 4 aromatic rings. The lowest BCUT2D eigenvalue weighted by atomic mass is 9.82. The molecule has 2 aliphatic rings. The minimum Gasteiger partial charge on any atom is -0.339 e. The molecule has 34 heavy (non-hydrogen) atoms. The third-order valence-electron chi connectivity index (χ3n) is 7.35. The Balaban J connectivity index is 1.31. The standard InChI is InChI=1S/C27H28FN5O/c1-14-22(15(2)33-32-14)16-10-12-19(13-11-16)29-27(34)24(23(17-6-7-17)18-8-9-18)26-30-21-5-3-4-20(28)25(21)31-26/h3-5,10-13,17-18,23-24H,6-9H2,1-2H3,(H,29,34)(H,30,31)(H,32,33). The van der Waals surface area contributed by atoms with E-state index in [-0.39, 0.29) is 17.6 Å². The van der Waals surface area contributed by atoms with Crippen molar-refractivity contribution in [3.05, 3.63) is 65.5 Å². The highest BCUT2D eigenvalue weighted by Crippen LogP contribution is 2.54. The first-order valence-electron chi connectivity index (χ1n) is 12.1. The Morgan fingerprint density at radius 1 is 1.06 bits per heavy atom. The first-order chi connectivity index (χ1) is 16.5. The summed E-state index contributed by atoms with van der Waals surface area (Å²) in [6.45, 7) is 3.98.